The van der Waals surface area contributed by atoms with Crippen LogP contribution in [0.15, 0.2) is 0 Å². The van der Waals surface area contributed by atoms with Gasteiger partial charge in [-0.2, -0.15) is 8.42 Å². The van der Waals surface area contributed by atoms with Crippen LogP contribution in [-0.2, 0) is 10.1 Å². The highest BCUT2D eigenvalue weighted by molar-refractivity contribution is 7.85. The Hall–Kier alpha value is -0.130. The van der Waals surface area contributed by atoms with Crippen LogP contribution in [0, 0.1) is 0 Å². The lowest BCUT2D eigenvalue weighted by molar-refractivity contribution is -0.918. The number of unbranched alkanes of at least 4 members (excludes halogenated alkanes) is 27. The first-order valence-corrected chi connectivity index (χ1v) is 20.8. The van der Waals surface area contributed by atoms with Gasteiger partial charge in [-0.15, -0.1) is 0 Å². The van der Waals surface area contributed by atoms with Gasteiger partial charge in [0, 0.05) is 0 Å². The average Bonchev–Trinajstić information content (AvgIpc) is 2.95. The SMILES string of the molecule is CCCCCCCCCCCC[N+](CCCCCCCCCCCC)(CCCCCCCCCCCC)CS(=O)(=O)O. The van der Waals surface area contributed by atoms with Crippen LogP contribution < -0.4 is 0 Å². The van der Waals surface area contributed by atoms with Gasteiger partial charge in [-0.25, -0.2) is 0 Å². The Morgan fingerprint density at radius 2 is 0.548 bits per heavy atom. The fraction of sp³-hybridized carbons (Fsp3) is 1.00. The maximum absolute atomic E-state index is 12.2. The van der Waals surface area contributed by atoms with Gasteiger partial charge in [0.2, 0.25) is 5.88 Å². The summed E-state index contributed by atoms with van der Waals surface area (Å²) in [6.07, 6.45) is 38.9. The van der Waals surface area contributed by atoms with Crippen LogP contribution in [-0.4, -0.2) is 43.0 Å². The van der Waals surface area contributed by atoms with Gasteiger partial charge >= 0.3 is 10.1 Å². The highest BCUT2D eigenvalue weighted by atomic mass is 32.2. The molecule has 0 aromatic rings. The molecular formula is C37H78NO3S+. The lowest BCUT2D eigenvalue weighted by Crippen LogP contribution is -2.53. The summed E-state index contributed by atoms with van der Waals surface area (Å²) >= 11 is 0. The summed E-state index contributed by atoms with van der Waals surface area (Å²) in [5.74, 6) is -0.0840. The molecule has 0 fully saturated rings. The molecule has 0 spiro atoms. The van der Waals surface area contributed by atoms with E-state index in [0.717, 1.165) is 38.9 Å². The molecule has 0 aliphatic carbocycles. The normalized spacial score (nSPS) is 12.4. The van der Waals surface area contributed by atoms with Gasteiger partial charge in [0.15, 0.2) is 0 Å². The van der Waals surface area contributed by atoms with Crippen LogP contribution >= 0.6 is 0 Å². The molecule has 42 heavy (non-hydrogen) atoms. The largest absolute Gasteiger partial charge is 0.316 e. The van der Waals surface area contributed by atoms with E-state index in [2.05, 4.69) is 20.8 Å². The molecule has 0 atom stereocenters. The van der Waals surface area contributed by atoms with E-state index in [1.165, 1.54) is 173 Å². The molecule has 0 aliphatic rings. The van der Waals surface area contributed by atoms with Gasteiger partial charge in [-0.05, 0) is 38.5 Å². The molecule has 0 radical (unpaired) electrons. The molecule has 0 heterocycles. The molecule has 0 amide bonds. The number of nitrogens with zero attached hydrogens (tertiary/aromatic N) is 1. The maximum atomic E-state index is 12.2. The predicted octanol–water partition coefficient (Wildman–Crippen LogP) is 12.4. The maximum Gasteiger partial charge on any atom is 0.316 e. The third kappa shape index (κ3) is 29.9. The zero-order valence-corrected chi connectivity index (χ0v) is 30.0. The highest BCUT2D eigenvalue weighted by Crippen LogP contribution is 2.21. The minimum atomic E-state index is -4.00. The number of quaternary nitrogens is 1. The summed E-state index contributed by atoms with van der Waals surface area (Å²) in [6.45, 7) is 9.54. The smallest absolute Gasteiger partial charge is 0.309 e. The van der Waals surface area contributed by atoms with Crippen molar-refractivity contribution < 1.29 is 17.5 Å². The summed E-state index contributed by atoms with van der Waals surface area (Å²) in [5.41, 5.74) is 0. The van der Waals surface area contributed by atoms with Crippen LogP contribution in [0.5, 0.6) is 0 Å². The van der Waals surface area contributed by atoms with E-state index >= 15 is 0 Å². The van der Waals surface area contributed by atoms with Crippen molar-refractivity contribution in [3.05, 3.63) is 0 Å². The lowest BCUT2D eigenvalue weighted by atomic mass is 10.0. The van der Waals surface area contributed by atoms with Crippen molar-refractivity contribution in [1.82, 2.24) is 0 Å². The van der Waals surface area contributed by atoms with E-state index in [4.69, 9.17) is 0 Å². The Morgan fingerprint density at radius 3 is 0.738 bits per heavy atom. The molecule has 0 unspecified atom stereocenters. The molecule has 4 nitrogen and oxygen atoms in total. The minimum absolute atomic E-state index is 0.0840. The first kappa shape index (κ1) is 41.9. The second kappa shape index (κ2) is 30.9. The molecule has 0 aromatic heterocycles. The lowest BCUT2D eigenvalue weighted by Gasteiger charge is -2.38. The topological polar surface area (TPSA) is 54.4 Å². The summed E-state index contributed by atoms with van der Waals surface area (Å²) < 4.78 is 35.0. The standard InChI is InChI=1S/C37H77NO3S/c1-4-7-10-13-16-19-22-25-28-31-34-38(37-42(39,40)41,35-32-29-26-23-20-17-14-11-8-5-2)36-33-30-27-24-21-18-15-12-9-6-3/h4-37H2,1-3H3/p+1. The van der Waals surface area contributed by atoms with E-state index < -0.39 is 10.1 Å². The molecular weight excluding hydrogens is 538 g/mol. The zero-order valence-electron chi connectivity index (χ0n) is 29.2. The quantitative estimate of drug-likeness (QED) is 0.0438. The third-order valence-corrected chi connectivity index (χ3v) is 10.3. The first-order valence-electron chi connectivity index (χ1n) is 19.2. The minimum Gasteiger partial charge on any atom is -0.309 e. The Morgan fingerprint density at radius 1 is 0.357 bits per heavy atom. The van der Waals surface area contributed by atoms with Crippen molar-refractivity contribution in [3.63, 3.8) is 0 Å². The molecule has 0 rings (SSSR count). The molecule has 254 valence electrons. The summed E-state index contributed by atoms with van der Waals surface area (Å²) in [4.78, 5) is 0. The van der Waals surface area contributed by atoms with E-state index in [0.29, 0.717) is 4.48 Å². The molecule has 1 N–H and O–H groups in total. The molecule has 0 saturated heterocycles. The van der Waals surface area contributed by atoms with Crippen LogP contribution in [0.25, 0.3) is 0 Å². The van der Waals surface area contributed by atoms with E-state index in [-0.39, 0.29) is 5.88 Å². The number of hydrogen-bond donors (Lipinski definition) is 1. The fourth-order valence-corrected chi connectivity index (χ4v) is 7.76. The highest BCUT2D eigenvalue weighted by Gasteiger charge is 2.31. The van der Waals surface area contributed by atoms with E-state index in [1.54, 1.807) is 0 Å². The van der Waals surface area contributed by atoms with Gasteiger partial charge in [0.05, 0.1) is 19.6 Å². The molecule has 0 saturated carbocycles. The van der Waals surface area contributed by atoms with Crippen molar-refractivity contribution >= 4 is 10.1 Å². The summed E-state index contributed by atoms with van der Waals surface area (Å²) in [7, 11) is -4.00. The Labute approximate surface area is 265 Å². The summed E-state index contributed by atoms with van der Waals surface area (Å²) in [6, 6.07) is 0. The van der Waals surface area contributed by atoms with Gasteiger partial charge in [-0.1, -0.05) is 175 Å². The van der Waals surface area contributed by atoms with Crippen LogP contribution in [0.2, 0.25) is 0 Å². The monoisotopic (exact) mass is 617 g/mol. The molecule has 0 bridgehead atoms. The summed E-state index contributed by atoms with van der Waals surface area (Å²) in [5, 5.41) is 0. The van der Waals surface area contributed by atoms with Gasteiger partial charge in [0.1, 0.15) is 0 Å². The Bertz CT molecular complexity index is 577. The van der Waals surface area contributed by atoms with Gasteiger partial charge in [0.25, 0.3) is 0 Å². The van der Waals surface area contributed by atoms with Crippen LogP contribution in [0.3, 0.4) is 0 Å². The van der Waals surface area contributed by atoms with Crippen LogP contribution in [0.1, 0.15) is 213 Å². The molecule has 0 aliphatic heterocycles. The van der Waals surface area contributed by atoms with Crippen molar-refractivity contribution in [1.29, 1.82) is 0 Å². The molecule has 5 heteroatoms. The zero-order chi connectivity index (χ0) is 31.0. The second-order valence-electron chi connectivity index (χ2n) is 13.8. The average molecular weight is 617 g/mol. The third-order valence-electron chi connectivity index (χ3n) is 9.40. The van der Waals surface area contributed by atoms with Crippen molar-refractivity contribution in [2.75, 3.05) is 25.5 Å². The number of rotatable bonds is 35. The van der Waals surface area contributed by atoms with Gasteiger partial charge < -0.3 is 4.48 Å². The Kier molecular flexibility index (Phi) is 30.8. The molecule has 0 aromatic carbocycles. The van der Waals surface area contributed by atoms with Crippen molar-refractivity contribution in [2.45, 2.75) is 213 Å². The van der Waals surface area contributed by atoms with E-state index in [9.17, 15) is 13.0 Å². The predicted molar refractivity (Wildman–Crippen MR) is 187 cm³/mol. The Balaban J connectivity index is 4.67. The van der Waals surface area contributed by atoms with Crippen molar-refractivity contribution in [3.8, 4) is 0 Å². The van der Waals surface area contributed by atoms with E-state index in [1.807, 2.05) is 0 Å². The van der Waals surface area contributed by atoms with Crippen molar-refractivity contribution in [2.24, 2.45) is 0 Å². The van der Waals surface area contributed by atoms with Crippen LogP contribution in [0.4, 0.5) is 0 Å². The second-order valence-corrected chi connectivity index (χ2v) is 15.2. The first-order chi connectivity index (χ1) is 20.4. The van der Waals surface area contributed by atoms with Gasteiger partial charge in [-0.3, -0.25) is 4.55 Å². The fourth-order valence-electron chi connectivity index (χ4n) is 6.68. The number of hydrogen-bond acceptors (Lipinski definition) is 2.